The smallest absolute Gasteiger partial charge is 0.314 e. The molecule has 1 N–H and O–H groups in total. The molecular weight excluding hydrogens is 308 g/mol. The van der Waals surface area contributed by atoms with Crippen LogP contribution >= 0.6 is 11.6 Å². The zero-order chi connectivity index (χ0) is 15.5. The van der Waals surface area contributed by atoms with E-state index in [0.717, 1.165) is 13.1 Å². The zero-order valence-corrected chi connectivity index (χ0v) is 12.1. The molecule has 1 aliphatic heterocycles. The van der Waals surface area contributed by atoms with E-state index in [-0.39, 0.29) is 11.4 Å². The summed E-state index contributed by atoms with van der Waals surface area (Å²) < 4.78 is 50.8. The number of halogens is 5. The molecule has 0 aliphatic carbocycles. The van der Waals surface area contributed by atoms with E-state index in [2.05, 4.69) is 5.32 Å². The highest BCUT2D eigenvalue weighted by Gasteiger charge is 2.31. The molecule has 0 radical (unpaired) electrons. The van der Waals surface area contributed by atoms with E-state index in [1.54, 1.807) is 0 Å². The molecule has 1 aromatic carbocycles. The summed E-state index contributed by atoms with van der Waals surface area (Å²) in [5, 5.41) is 3.11. The van der Waals surface area contributed by atoms with Crippen LogP contribution in [0.3, 0.4) is 0 Å². The first-order valence-corrected chi connectivity index (χ1v) is 7.21. The van der Waals surface area contributed by atoms with E-state index in [1.165, 1.54) is 18.2 Å². The van der Waals surface area contributed by atoms with Gasteiger partial charge >= 0.3 is 6.18 Å². The highest BCUT2D eigenvalue weighted by atomic mass is 35.5. The van der Waals surface area contributed by atoms with E-state index in [9.17, 15) is 17.6 Å². The predicted molar refractivity (Wildman–Crippen MR) is 73.9 cm³/mol. The molecule has 1 aromatic rings. The van der Waals surface area contributed by atoms with Gasteiger partial charge in [-0.3, -0.25) is 4.90 Å². The van der Waals surface area contributed by atoms with Crippen molar-refractivity contribution < 1.29 is 17.6 Å². The van der Waals surface area contributed by atoms with Crippen LogP contribution in [0.1, 0.15) is 24.4 Å². The van der Waals surface area contributed by atoms with Crippen molar-refractivity contribution in [1.82, 2.24) is 10.2 Å². The second kappa shape index (κ2) is 6.94. The minimum Gasteiger partial charge on any atom is -0.314 e. The largest absolute Gasteiger partial charge is 0.389 e. The summed E-state index contributed by atoms with van der Waals surface area (Å²) in [5.74, 6) is -0.560. The van der Waals surface area contributed by atoms with Crippen LogP contribution in [0, 0.1) is 5.82 Å². The van der Waals surface area contributed by atoms with Crippen molar-refractivity contribution in [2.45, 2.75) is 25.1 Å². The van der Waals surface area contributed by atoms with E-state index in [0.29, 0.717) is 18.7 Å². The van der Waals surface area contributed by atoms with Gasteiger partial charge in [-0.1, -0.05) is 17.7 Å². The summed E-state index contributed by atoms with van der Waals surface area (Å²) in [6.07, 6.45) is -5.11. The first-order chi connectivity index (χ1) is 9.87. The monoisotopic (exact) mass is 324 g/mol. The first kappa shape index (κ1) is 16.5. The van der Waals surface area contributed by atoms with Gasteiger partial charge in [-0.05, 0) is 24.1 Å². The SMILES string of the molecule is Fc1ccc([C@H](CCC(F)(F)F)N2CCNCC2)cc1Cl. The fourth-order valence-electron chi connectivity index (χ4n) is 2.57. The van der Waals surface area contributed by atoms with Gasteiger partial charge in [0.05, 0.1) is 5.02 Å². The molecule has 0 amide bonds. The van der Waals surface area contributed by atoms with Crippen molar-refractivity contribution in [2.24, 2.45) is 0 Å². The summed E-state index contributed by atoms with van der Waals surface area (Å²) in [7, 11) is 0. The Morgan fingerprint density at radius 1 is 1.24 bits per heavy atom. The van der Waals surface area contributed by atoms with Gasteiger partial charge in [0.25, 0.3) is 0 Å². The molecule has 0 spiro atoms. The third kappa shape index (κ3) is 4.83. The van der Waals surface area contributed by atoms with E-state index in [1.807, 2.05) is 4.90 Å². The topological polar surface area (TPSA) is 15.3 Å². The Balaban J connectivity index is 2.18. The molecule has 1 atom stereocenters. The summed E-state index contributed by atoms with van der Waals surface area (Å²) in [5.41, 5.74) is 0.632. The first-order valence-electron chi connectivity index (χ1n) is 6.83. The van der Waals surface area contributed by atoms with Gasteiger partial charge in [0.2, 0.25) is 0 Å². The van der Waals surface area contributed by atoms with Crippen LogP contribution in [-0.4, -0.2) is 37.3 Å². The van der Waals surface area contributed by atoms with Crippen LogP contribution in [0.25, 0.3) is 0 Å². The molecule has 1 aliphatic rings. The Morgan fingerprint density at radius 2 is 1.90 bits per heavy atom. The normalized spacial score (nSPS) is 18.7. The predicted octanol–water partition coefficient (Wildman–Crippen LogP) is 3.77. The van der Waals surface area contributed by atoms with Gasteiger partial charge in [0.15, 0.2) is 0 Å². The summed E-state index contributed by atoms with van der Waals surface area (Å²) in [6, 6.07) is 3.76. The van der Waals surface area contributed by atoms with Crippen LogP contribution in [0.15, 0.2) is 18.2 Å². The van der Waals surface area contributed by atoms with Gasteiger partial charge < -0.3 is 5.32 Å². The molecule has 21 heavy (non-hydrogen) atoms. The molecule has 118 valence electrons. The molecule has 1 saturated heterocycles. The highest BCUT2D eigenvalue weighted by Crippen LogP contribution is 2.33. The molecule has 1 fully saturated rings. The average Bonchev–Trinajstić information content (AvgIpc) is 2.43. The Labute approximate surface area is 126 Å². The van der Waals surface area contributed by atoms with Crippen molar-refractivity contribution in [2.75, 3.05) is 26.2 Å². The molecule has 0 bridgehead atoms. The quantitative estimate of drug-likeness (QED) is 0.848. The Morgan fingerprint density at radius 3 is 2.48 bits per heavy atom. The lowest BCUT2D eigenvalue weighted by atomic mass is 9.99. The summed E-state index contributed by atoms with van der Waals surface area (Å²) >= 11 is 5.76. The average molecular weight is 325 g/mol. The van der Waals surface area contributed by atoms with Crippen LogP contribution < -0.4 is 5.32 Å². The second-order valence-corrected chi connectivity index (χ2v) is 5.54. The number of nitrogens with zero attached hydrogens (tertiary/aromatic N) is 1. The number of hydrogen-bond donors (Lipinski definition) is 1. The van der Waals surface area contributed by atoms with Gasteiger partial charge in [-0.25, -0.2) is 4.39 Å². The van der Waals surface area contributed by atoms with Crippen molar-refractivity contribution in [3.05, 3.63) is 34.6 Å². The van der Waals surface area contributed by atoms with Crippen molar-refractivity contribution >= 4 is 11.6 Å². The molecule has 1 heterocycles. The molecule has 2 rings (SSSR count). The fourth-order valence-corrected chi connectivity index (χ4v) is 2.76. The number of benzene rings is 1. The third-order valence-corrected chi connectivity index (χ3v) is 3.91. The maximum atomic E-state index is 13.2. The van der Waals surface area contributed by atoms with Gasteiger partial charge in [-0.15, -0.1) is 0 Å². The standard InChI is InChI=1S/C14H17ClF4N2/c15-11-9-10(1-2-12(11)16)13(3-4-14(17,18)19)21-7-5-20-6-8-21/h1-2,9,13,20H,3-8H2/t13-/m0/s1. The molecule has 0 aromatic heterocycles. The Kier molecular flexibility index (Phi) is 5.46. The Hall–Kier alpha value is -0.850. The lowest BCUT2D eigenvalue weighted by Gasteiger charge is -2.35. The number of rotatable bonds is 4. The molecule has 0 saturated carbocycles. The molecule has 2 nitrogen and oxygen atoms in total. The van der Waals surface area contributed by atoms with Crippen molar-refractivity contribution in [1.29, 1.82) is 0 Å². The number of nitrogens with one attached hydrogen (secondary N) is 1. The lowest BCUT2D eigenvalue weighted by molar-refractivity contribution is -0.138. The summed E-state index contributed by atoms with van der Waals surface area (Å²) in [4.78, 5) is 1.99. The molecule has 7 heteroatoms. The molecular formula is C14H17ClF4N2. The van der Waals surface area contributed by atoms with Crippen molar-refractivity contribution in [3.8, 4) is 0 Å². The lowest BCUT2D eigenvalue weighted by Crippen LogP contribution is -2.45. The van der Waals surface area contributed by atoms with Crippen LogP contribution in [0.4, 0.5) is 17.6 Å². The van der Waals surface area contributed by atoms with E-state index in [4.69, 9.17) is 11.6 Å². The number of piperazine rings is 1. The summed E-state index contributed by atoms with van der Waals surface area (Å²) in [6.45, 7) is 2.80. The van der Waals surface area contributed by atoms with E-state index >= 15 is 0 Å². The van der Waals surface area contributed by atoms with Crippen LogP contribution in [0.2, 0.25) is 5.02 Å². The van der Waals surface area contributed by atoms with Crippen LogP contribution in [-0.2, 0) is 0 Å². The maximum absolute atomic E-state index is 13.2. The Bertz CT molecular complexity index is 473. The van der Waals surface area contributed by atoms with Gasteiger partial charge in [0, 0.05) is 38.6 Å². The van der Waals surface area contributed by atoms with Gasteiger partial charge in [-0.2, -0.15) is 13.2 Å². The number of hydrogen-bond acceptors (Lipinski definition) is 2. The second-order valence-electron chi connectivity index (χ2n) is 5.13. The number of alkyl halides is 3. The zero-order valence-electron chi connectivity index (χ0n) is 11.4. The van der Waals surface area contributed by atoms with Gasteiger partial charge in [0.1, 0.15) is 5.82 Å². The van der Waals surface area contributed by atoms with Crippen LogP contribution in [0.5, 0.6) is 0 Å². The van der Waals surface area contributed by atoms with Crippen molar-refractivity contribution in [3.63, 3.8) is 0 Å². The fraction of sp³-hybridized carbons (Fsp3) is 0.571. The van der Waals surface area contributed by atoms with E-state index < -0.39 is 24.5 Å². The maximum Gasteiger partial charge on any atom is 0.389 e. The minimum atomic E-state index is -4.20. The minimum absolute atomic E-state index is 0.0501. The molecule has 0 unspecified atom stereocenters. The third-order valence-electron chi connectivity index (χ3n) is 3.62. The highest BCUT2D eigenvalue weighted by molar-refractivity contribution is 6.30.